The zero-order valence-corrected chi connectivity index (χ0v) is 14.2. The van der Waals surface area contributed by atoms with Crippen LogP contribution in [-0.2, 0) is 10.0 Å². The minimum absolute atomic E-state index is 0.0163. The second-order valence-corrected chi connectivity index (χ2v) is 6.61. The lowest BCUT2D eigenvalue weighted by Crippen LogP contribution is -2.15. The van der Waals surface area contributed by atoms with Crippen molar-refractivity contribution in [3.05, 3.63) is 47.5 Å². The molecule has 0 saturated carbocycles. The molecule has 0 saturated heterocycles. The standard InChI is InChI=1S/C16H17NO6S/c1-10-6-4-5-7-13(10)17-24(20,21)11-8-12(16(18)19)15(23-3)14(9-11)22-2/h4-9,17H,1-3H3,(H,18,19). The summed E-state index contributed by atoms with van der Waals surface area (Å²) < 4.78 is 37.7. The molecule has 2 aromatic carbocycles. The number of carboxylic acids is 1. The van der Waals surface area contributed by atoms with E-state index in [1.165, 1.54) is 20.3 Å². The quantitative estimate of drug-likeness (QED) is 0.829. The zero-order chi connectivity index (χ0) is 17.9. The Morgan fingerprint density at radius 3 is 2.33 bits per heavy atom. The van der Waals surface area contributed by atoms with E-state index in [0.717, 1.165) is 11.6 Å². The van der Waals surface area contributed by atoms with Crippen molar-refractivity contribution in [2.24, 2.45) is 0 Å². The van der Waals surface area contributed by atoms with Gasteiger partial charge in [0.05, 0.1) is 24.8 Å². The van der Waals surface area contributed by atoms with Crippen LogP contribution in [0.25, 0.3) is 0 Å². The van der Waals surface area contributed by atoms with Crippen LogP contribution in [0, 0.1) is 6.92 Å². The maximum atomic E-state index is 12.6. The first kappa shape index (κ1) is 17.6. The number of hydrogen-bond donors (Lipinski definition) is 2. The number of para-hydroxylation sites is 1. The minimum atomic E-state index is -4.00. The van der Waals surface area contributed by atoms with Crippen LogP contribution in [0.5, 0.6) is 11.5 Å². The summed E-state index contributed by atoms with van der Waals surface area (Å²) in [5, 5.41) is 9.29. The Hall–Kier alpha value is -2.74. The van der Waals surface area contributed by atoms with Gasteiger partial charge in [-0.1, -0.05) is 18.2 Å². The molecule has 24 heavy (non-hydrogen) atoms. The molecule has 0 aliphatic carbocycles. The first-order valence-corrected chi connectivity index (χ1v) is 8.36. The number of hydrogen-bond acceptors (Lipinski definition) is 5. The van der Waals surface area contributed by atoms with Gasteiger partial charge in [0, 0.05) is 6.07 Å². The topological polar surface area (TPSA) is 102 Å². The van der Waals surface area contributed by atoms with E-state index in [1.807, 2.05) is 0 Å². The molecule has 0 unspecified atom stereocenters. The first-order valence-electron chi connectivity index (χ1n) is 6.88. The molecule has 2 N–H and O–H groups in total. The molecule has 2 rings (SSSR count). The molecule has 0 radical (unpaired) electrons. The summed E-state index contributed by atoms with van der Waals surface area (Å²) in [7, 11) is -1.42. The highest BCUT2D eigenvalue weighted by Gasteiger charge is 2.24. The SMILES string of the molecule is COc1cc(S(=O)(=O)Nc2ccccc2C)cc(C(=O)O)c1OC. The number of rotatable bonds is 6. The highest BCUT2D eigenvalue weighted by Crippen LogP contribution is 2.34. The summed E-state index contributed by atoms with van der Waals surface area (Å²) in [6.45, 7) is 1.76. The van der Waals surface area contributed by atoms with Crippen molar-refractivity contribution in [1.82, 2.24) is 0 Å². The lowest BCUT2D eigenvalue weighted by atomic mass is 10.2. The van der Waals surface area contributed by atoms with Crippen molar-refractivity contribution in [1.29, 1.82) is 0 Å². The molecule has 128 valence electrons. The normalized spacial score (nSPS) is 11.0. The number of anilines is 1. The molecule has 2 aromatic rings. The molecule has 0 heterocycles. The fraction of sp³-hybridized carbons (Fsp3) is 0.188. The monoisotopic (exact) mass is 351 g/mol. The van der Waals surface area contributed by atoms with Crippen LogP contribution in [-0.4, -0.2) is 33.7 Å². The predicted molar refractivity (Wildman–Crippen MR) is 88.5 cm³/mol. The van der Waals surface area contributed by atoms with E-state index < -0.39 is 16.0 Å². The number of sulfonamides is 1. The number of aromatic carboxylic acids is 1. The van der Waals surface area contributed by atoms with Crippen LogP contribution < -0.4 is 14.2 Å². The van der Waals surface area contributed by atoms with Crippen molar-refractivity contribution in [2.45, 2.75) is 11.8 Å². The first-order chi connectivity index (χ1) is 11.3. The van der Waals surface area contributed by atoms with Gasteiger partial charge in [0.1, 0.15) is 5.56 Å². The number of aryl methyl sites for hydroxylation is 1. The summed E-state index contributed by atoms with van der Waals surface area (Å²) in [6.07, 6.45) is 0. The van der Waals surface area contributed by atoms with Crippen LogP contribution in [0.1, 0.15) is 15.9 Å². The molecule has 0 fully saturated rings. The number of benzene rings is 2. The third-order valence-corrected chi connectivity index (χ3v) is 4.73. The van der Waals surface area contributed by atoms with E-state index in [9.17, 15) is 18.3 Å². The van der Waals surface area contributed by atoms with E-state index in [-0.39, 0.29) is 22.0 Å². The largest absolute Gasteiger partial charge is 0.493 e. The Bertz CT molecular complexity index is 876. The van der Waals surface area contributed by atoms with Gasteiger partial charge in [-0.15, -0.1) is 0 Å². The van der Waals surface area contributed by atoms with E-state index in [2.05, 4.69) is 4.72 Å². The molecular weight excluding hydrogens is 334 g/mol. The van der Waals surface area contributed by atoms with Gasteiger partial charge in [-0.25, -0.2) is 13.2 Å². The van der Waals surface area contributed by atoms with Crippen LogP contribution in [0.2, 0.25) is 0 Å². The number of carbonyl (C=O) groups is 1. The highest BCUT2D eigenvalue weighted by molar-refractivity contribution is 7.92. The number of nitrogens with one attached hydrogen (secondary N) is 1. The fourth-order valence-electron chi connectivity index (χ4n) is 2.14. The Morgan fingerprint density at radius 1 is 1.12 bits per heavy atom. The molecule has 0 amide bonds. The second-order valence-electron chi connectivity index (χ2n) is 4.93. The second kappa shape index (κ2) is 6.79. The summed E-state index contributed by atoms with van der Waals surface area (Å²) >= 11 is 0. The number of ether oxygens (including phenoxy) is 2. The third-order valence-electron chi connectivity index (χ3n) is 3.38. The predicted octanol–water partition coefficient (Wildman–Crippen LogP) is 2.51. The molecule has 0 atom stereocenters. The summed E-state index contributed by atoms with van der Waals surface area (Å²) in [4.78, 5) is 11.2. The minimum Gasteiger partial charge on any atom is -0.493 e. The molecular formula is C16H17NO6S. The van der Waals surface area contributed by atoms with Crippen molar-refractivity contribution >= 4 is 21.7 Å². The molecule has 0 aliphatic rings. The van der Waals surface area contributed by atoms with Crippen molar-refractivity contribution < 1.29 is 27.8 Å². The maximum absolute atomic E-state index is 12.6. The van der Waals surface area contributed by atoms with Gasteiger partial charge in [0.25, 0.3) is 10.0 Å². The average Bonchev–Trinajstić information content (AvgIpc) is 2.55. The zero-order valence-electron chi connectivity index (χ0n) is 13.4. The average molecular weight is 351 g/mol. The Balaban J connectivity index is 2.56. The summed E-state index contributed by atoms with van der Waals surface area (Å²) in [5.41, 5.74) is 0.839. The van der Waals surface area contributed by atoms with Crippen molar-refractivity contribution in [2.75, 3.05) is 18.9 Å². The Labute approximate surface area is 139 Å². The molecule has 7 nitrogen and oxygen atoms in total. The highest BCUT2D eigenvalue weighted by atomic mass is 32.2. The molecule has 0 spiro atoms. The number of methoxy groups -OCH3 is 2. The van der Waals surface area contributed by atoms with Gasteiger partial charge >= 0.3 is 5.97 Å². The van der Waals surface area contributed by atoms with Gasteiger partial charge in [-0.2, -0.15) is 0 Å². The van der Waals surface area contributed by atoms with Gasteiger partial charge in [0.2, 0.25) is 0 Å². The third kappa shape index (κ3) is 3.43. The van der Waals surface area contributed by atoms with E-state index in [1.54, 1.807) is 31.2 Å². The summed E-state index contributed by atoms with van der Waals surface area (Å²) in [6, 6.07) is 9.10. The Morgan fingerprint density at radius 2 is 1.79 bits per heavy atom. The number of carboxylic acid groups (broad SMARTS) is 1. The Kier molecular flexibility index (Phi) is 4.99. The molecule has 0 bridgehead atoms. The van der Waals surface area contributed by atoms with Crippen LogP contribution in [0.15, 0.2) is 41.3 Å². The van der Waals surface area contributed by atoms with E-state index in [0.29, 0.717) is 5.69 Å². The van der Waals surface area contributed by atoms with E-state index >= 15 is 0 Å². The lowest BCUT2D eigenvalue weighted by Gasteiger charge is -2.15. The van der Waals surface area contributed by atoms with Crippen LogP contribution in [0.4, 0.5) is 5.69 Å². The maximum Gasteiger partial charge on any atom is 0.339 e. The van der Waals surface area contributed by atoms with Crippen LogP contribution in [0.3, 0.4) is 0 Å². The summed E-state index contributed by atoms with van der Waals surface area (Å²) in [5.74, 6) is -1.35. The van der Waals surface area contributed by atoms with Crippen molar-refractivity contribution in [3.8, 4) is 11.5 Å². The smallest absolute Gasteiger partial charge is 0.339 e. The molecule has 8 heteroatoms. The van der Waals surface area contributed by atoms with Gasteiger partial charge < -0.3 is 14.6 Å². The van der Waals surface area contributed by atoms with Gasteiger partial charge in [0.15, 0.2) is 11.5 Å². The molecule has 0 aromatic heterocycles. The fourth-order valence-corrected chi connectivity index (χ4v) is 3.32. The van der Waals surface area contributed by atoms with Crippen LogP contribution >= 0.6 is 0 Å². The van der Waals surface area contributed by atoms with Gasteiger partial charge in [-0.05, 0) is 24.6 Å². The molecule has 0 aliphatic heterocycles. The van der Waals surface area contributed by atoms with Crippen molar-refractivity contribution in [3.63, 3.8) is 0 Å². The lowest BCUT2D eigenvalue weighted by molar-refractivity contribution is 0.0692. The van der Waals surface area contributed by atoms with E-state index in [4.69, 9.17) is 9.47 Å². The van der Waals surface area contributed by atoms with Gasteiger partial charge in [-0.3, -0.25) is 4.72 Å².